The lowest BCUT2D eigenvalue weighted by atomic mass is 9.88. The highest BCUT2D eigenvalue weighted by Crippen LogP contribution is 2.26. The Morgan fingerprint density at radius 2 is 2.06 bits per heavy atom. The summed E-state index contributed by atoms with van der Waals surface area (Å²) < 4.78 is 5.20. The summed E-state index contributed by atoms with van der Waals surface area (Å²) in [5.74, 6) is -0.768. The van der Waals surface area contributed by atoms with Gasteiger partial charge in [-0.2, -0.15) is 0 Å². The molecule has 4 N–H and O–H groups in total. The second-order valence-electron chi connectivity index (χ2n) is 8.49. The average molecular weight is 472 g/mol. The average Bonchev–Trinajstić information content (AvgIpc) is 3.36. The zero-order chi connectivity index (χ0) is 24.5. The van der Waals surface area contributed by atoms with Crippen LogP contribution in [0.15, 0.2) is 36.8 Å². The van der Waals surface area contributed by atoms with Gasteiger partial charge >= 0.3 is 12.0 Å². The van der Waals surface area contributed by atoms with Crippen LogP contribution in [-0.4, -0.2) is 70.2 Å². The number of benzene rings is 1. The van der Waals surface area contributed by atoms with Gasteiger partial charge in [0.25, 0.3) is 0 Å². The number of aliphatic carboxylic acids is 1. The lowest BCUT2D eigenvalue weighted by molar-refractivity contribution is -0.148. The van der Waals surface area contributed by atoms with Gasteiger partial charge in [0, 0.05) is 43.9 Å². The monoisotopic (exact) mass is 471 g/mol. The molecule has 10 nitrogen and oxygen atoms in total. The zero-order valence-electron chi connectivity index (χ0n) is 19.6. The van der Waals surface area contributed by atoms with Crippen LogP contribution in [0.2, 0.25) is 0 Å². The number of urea groups is 1. The van der Waals surface area contributed by atoms with E-state index in [1.807, 2.05) is 31.2 Å². The third-order valence-electron chi connectivity index (χ3n) is 6.26. The number of H-pyrrole nitrogens is 1. The van der Waals surface area contributed by atoms with Gasteiger partial charge in [-0.05, 0) is 37.0 Å². The number of piperidine rings is 1. The van der Waals surface area contributed by atoms with E-state index in [1.165, 1.54) is 0 Å². The Morgan fingerprint density at radius 1 is 1.29 bits per heavy atom. The predicted molar refractivity (Wildman–Crippen MR) is 125 cm³/mol. The molecule has 3 unspecified atom stereocenters. The summed E-state index contributed by atoms with van der Waals surface area (Å²) >= 11 is 0. The Labute approximate surface area is 199 Å². The van der Waals surface area contributed by atoms with Crippen LogP contribution in [0.4, 0.5) is 4.79 Å². The lowest BCUT2D eigenvalue weighted by Gasteiger charge is -2.39. The molecule has 3 atom stereocenters. The molecule has 0 aliphatic carbocycles. The van der Waals surface area contributed by atoms with Crippen LogP contribution in [0.1, 0.15) is 37.4 Å². The van der Waals surface area contributed by atoms with Gasteiger partial charge in [-0.1, -0.05) is 19.1 Å². The van der Waals surface area contributed by atoms with E-state index >= 15 is 0 Å². The Kier molecular flexibility index (Phi) is 8.89. The summed E-state index contributed by atoms with van der Waals surface area (Å²) in [6.45, 7) is 2.69. The molecule has 1 aliphatic heterocycles. The Hall–Kier alpha value is -3.56. The number of nitrogens with one attached hydrogen (secondary N) is 3. The molecule has 1 aliphatic rings. The predicted octanol–water partition coefficient (Wildman–Crippen LogP) is 1.97. The molecule has 34 heavy (non-hydrogen) atoms. The zero-order valence-corrected chi connectivity index (χ0v) is 19.6. The molecule has 3 rings (SSSR count). The van der Waals surface area contributed by atoms with Crippen molar-refractivity contribution in [2.75, 3.05) is 20.2 Å². The fourth-order valence-electron chi connectivity index (χ4n) is 4.29. The number of ether oxygens (including phenoxy) is 1. The number of imidazole rings is 1. The third-order valence-corrected chi connectivity index (χ3v) is 6.26. The maximum atomic E-state index is 13.6. The Balaban J connectivity index is 1.69. The number of carbonyl (C=O) groups excluding carboxylic acids is 2. The van der Waals surface area contributed by atoms with Gasteiger partial charge in [0.1, 0.15) is 11.8 Å². The number of carbonyl (C=O) groups is 3. The molecule has 1 aromatic heterocycles. The number of carboxylic acid groups (broad SMARTS) is 1. The van der Waals surface area contributed by atoms with E-state index in [9.17, 15) is 19.5 Å². The van der Waals surface area contributed by atoms with Crippen molar-refractivity contribution >= 4 is 17.9 Å². The molecule has 0 bridgehead atoms. The molecular formula is C24H33N5O5. The number of methoxy groups -OCH3 is 1. The number of rotatable bonds is 10. The third kappa shape index (κ3) is 6.72. The van der Waals surface area contributed by atoms with Gasteiger partial charge in [0.2, 0.25) is 5.91 Å². The Bertz CT molecular complexity index is 947. The van der Waals surface area contributed by atoms with E-state index in [4.69, 9.17) is 4.74 Å². The summed E-state index contributed by atoms with van der Waals surface area (Å²) in [7, 11) is 1.59. The van der Waals surface area contributed by atoms with E-state index in [-0.39, 0.29) is 11.9 Å². The molecule has 0 radical (unpaired) electrons. The smallest absolute Gasteiger partial charge is 0.315 e. The van der Waals surface area contributed by atoms with Crippen LogP contribution >= 0.6 is 0 Å². The Morgan fingerprint density at radius 3 is 2.68 bits per heavy atom. The standard InChI is InChI=1S/C24H33N5O5/c1-3-19-13-17(23(31)32)9-11-29(19)22(30)21(12-16-4-6-20(34-2)7-5-16)28-24(33)26-10-8-18-14-25-15-27-18/h4-7,14-15,17,19,21H,3,8-13H2,1-2H3,(H,25,27)(H,31,32)(H2,26,28,33). The van der Waals surface area contributed by atoms with Crippen LogP contribution in [0, 0.1) is 5.92 Å². The number of amides is 3. The first-order chi connectivity index (χ1) is 16.4. The number of hydrogen-bond acceptors (Lipinski definition) is 5. The van der Waals surface area contributed by atoms with Crippen LogP contribution in [0.25, 0.3) is 0 Å². The molecule has 2 heterocycles. The number of likely N-dealkylation sites (tertiary alicyclic amines) is 1. The van der Waals surface area contributed by atoms with Gasteiger partial charge in [-0.25, -0.2) is 9.78 Å². The molecule has 2 aromatic rings. The van der Waals surface area contributed by atoms with E-state index in [1.54, 1.807) is 24.5 Å². The second kappa shape index (κ2) is 12.1. The topological polar surface area (TPSA) is 137 Å². The van der Waals surface area contributed by atoms with E-state index in [2.05, 4.69) is 20.6 Å². The fraction of sp³-hybridized carbons (Fsp3) is 0.500. The summed E-state index contributed by atoms with van der Waals surface area (Å²) in [4.78, 5) is 46.3. The lowest BCUT2D eigenvalue weighted by Crippen LogP contribution is -2.56. The minimum atomic E-state index is -0.824. The highest BCUT2D eigenvalue weighted by molar-refractivity contribution is 5.88. The van der Waals surface area contributed by atoms with Crippen LogP contribution < -0.4 is 15.4 Å². The van der Waals surface area contributed by atoms with Crippen molar-refractivity contribution < 1.29 is 24.2 Å². The van der Waals surface area contributed by atoms with Gasteiger partial charge in [-0.3, -0.25) is 9.59 Å². The molecule has 0 spiro atoms. The highest BCUT2D eigenvalue weighted by atomic mass is 16.5. The quantitative estimate of drug-likeness (QED) is 0.418. The minimum absolute atomic E-state index is 0.175. The summed E-state index contributed by atoms with van der Waals surface area (Å²) in [5, 5.41) is 15.0. The van der Waals surface area contributed by atoms with Crippen LogP contribution in [0.3, 0.4) is 0 Å². The van der Waals surface area contributed by atoms with Crippen molar-refractivity contribution in [1.82, 2.24) is 25.5 Å². The first kappa shape index (κ1) is 25.1. The number of hydrogen-bond donors (Lipinski definition) is 4. The van der Waals surface area contributed by atoms with Crippen molar-refractivity contribution in [1.29, 1.82) is 0 Å². The minimum Gasteiger partial charge on any atom is -0.497 e. The highest BCUT2D eigenvalue weighted by Gasteiger charge is 2.36. The normalized spacial score (nSPS) is 18.7. The first-order valence-electron chi connectivity index (χ1n) is 11.6. The summed E-state index contributed by atoms with van der Waals surface area (Å²) in [6.07, 6.45) is 5.66. The van der Waals surface area contributed by atoms with Gasteiger partial charge in [0.15, 0.2) is 0 Å². The molecule has 184 valence electrons. The fourth-order valence-corrected chi connectivity index (χ4v) is 4.29. The summed E-state index contributed by atoms with van der Waals surface area (Å²) in [6, 6.07) is 5.97. The van der Waals surface area contributed by atoms with E-state index in [0.29, 0.717) is 50.9 Å². The number of aromatic nitrogens is 2. The van der Waals surface area contributed by atoms with Crippen molar-refractivity contribution in [2.24, 2.45) is 5.92 Å². The molecule has 0 saturated carbocycles. The largest absolute Gasteiger partial charge is 0.497 e. The number of carboxylic acids is 1. The molecule has 1 saturated heterocycles. The molecular weight excluding hydrogens is 438 g/mol. The second-order valence-corrected chi connectivity index (χ2v) is 8.49. The molecule has 3 amide bonds. The van der Waals surface area contributed by atoms with Crippen molar-refractivity contribution in [2.45, 2.75) is 51.1 Å². The molecule has 1 fully saturated rings. The van der Waals surface area contributed by atoms with Crippen molar-refractivity contribution in [3.63, 3.8) is 0 Å². The first-order valence-corrected chi connectivity index (χ1v) is 11.6. The van der Waals surface area contributed by atoms with Crippen LogP contribution in [-0.2, 0) is 22.4 Å². The van der Waals surface area contributed by atoms with Crippen molar-refractivity contribution in [3.8, 4) is 5.75 Å². The van der Waals surface area contributed by atoms with Crippen molar-refractivity contribution in [3.05, 3.63) is 48.0 Å². The SMILES string of the molecule is CCC1CC(C(=O)O)CCN1C(=O)C(Cc1ccc(OC)cc1)NC(=O)NCCc1cnc[nH]1. The number of nitrogens with zero attached hydrogens (tertiary/aromatic N) is 2. The van der Waals surface area contributed by atoms with Gasteiger partial charge < -0.3 is 30.4 Å². The molecule has 10 heteroatoms. The number of aromatic amines is 1. The molecule has 1 aromatic carbocycles. The van der Waals surface area contributed by atoms with E-state index in [0.717, 1.165) is 11.3 Å². The van der Waals surface area contributed by atoms with Gasteiger partial charge in [-0.15, -0.1) is 0 Å². The summed E-state index contributed by atoms with van der Waals surface area (Å²) in [5.41, 5.74) is 1.78. The van der Waals surface area contributed by atoms with E-state index < -0.39 is 24.0 Å². The maximum Gasteiger partial charge on any atom is 0.315 e. The maximum absolute atomic E-state index is 13.6. The van der Waals surface area contributed by atoms with Crippen LogP contribution in [0.5, 0.6) is 5.75 Å². The van der Waals surface area contributed by atoms with Gasteiger partial charge in [0.05, 0.1) is 19.4 Å².